The van der Waals surface area contributed by atoms with Crippen LogP contribution in [0, 0.1) is 0 Å². The zero-order valence-corrected chi connectivity index (χ0v) is 10.3. The van der Waals surface area contributed by atoms with Gasteiger partial charge < -0.3 is 4.52 Å². The first-order valence-corrected chi connectivity index (χ1v) is 5.63. The molecule has 1 atom stereocenters. The third-order valence-corrected chi connectivity index (χ3v) is 2.61. The molecule has 2 aromatic rings. The molecule has 0 radical (unpaired) electrons. The Bertz CT molecular complexity index is 453. The van der Waals surface area contributed by atoms with Crippen LogP contribution in [0.3, 0.4) is 0 Å². The zero-order valence-electron chi connectivity index (χ0n) is 7.95. The van der Waals surface area contributed by atoms with Crippen LogP contribution in [0.4, 0.5) is 0 Å². The van der Waals surface area contributed by atoms with Gasteiger partial charge in [-0.2, -0.15) is 4.98 Å². The number of nitrogens with zero attached hydrogens (tertiary/aromatic N) is 2. The van der Waals surface area contributed by atoms with Crippen LogP contribution in [0.1, 0.15) is 18.1 Å². The van der Waals surface area contributed by atoms with Crippen LogP contribution in [-0.2, 0) is 0 Å². The summed E-state index contributed by atoms with van der Waals surface area (Å²) in [6.07, 6.45) is 0. The number of aromatic nitrogens is 2. The van der Waals surface area contributed by atoms with E-state index in [1.807, 2.05) is 24.3 Å². The van der Waals surface area contributed by atoms with Crippen molar-refractivity contribution in [3.05, 3.63) is 34.6 Å². The molecule has 0 aliphatic carbocycles. The van der Waals surface area contributed by atoms with Crippen molar-refractivity contribution in [3.8, 4) is 11.5 Å². The molecule has 15 heavy (non-hydrogen) atoms. The van der Waals surface area contributed by atoms with E-state index in [1.54, 1.807) is 6.92 Å². The Balaban J connectivity index is 2.33. The van der Waals surface area contributed by atoms with Crippen LogP contribution in [0.2, 0.25) is 0 Å². The fraction of sp³-hybridized carbons (Fsp3) is 0.200. The summed E-state index contributed by atoms with van der Waals surface area (Å²) in [4.78, 5) is 4.18. The average molecular weight is 288 g/mol. The van der Waals surface area contributed by atoms with Crippen molar-refractivity contribution in [2.45, 2.75) is 12.3 Å². The van der Waals surface area contributed by atoms with Gasteiger partial charge in [0.2, 0.25) is 0 Å². The van der Waals surface area contributed by atoms with E-state index in [0.717, 1.165) is 10.0 Å². The predicted molar refractivity (Wildman–Crippen MR) is 61.7 cm³/mol. The summed E-state index contributed by atoms with van der Waals surface area (Å²) < 4.78 is 6.10. The molecule has 5 heteroatoms. The van der Waals surface area contributed by atoms with E-state index in [0.29, 0.717) is 11.7 Å². The first kappa shape index (κ1) is 10.6. The van der Waals surface area contributed by atoms with Crippen molar-refractivity contribution in [2.75, 3.05) is 0 Å². The molecule has 0 bridgehead atoms. The van der Waals surface area contributed by atoms with Gasteiger partial charge in [-0.3, -0.25) is 0 Å². The van der Waals surface area contributed by atoms with Crippen LogP contribution in [-0.4, -0.2) is 10.1 Å². The predicted octanol–water partition coefficient (Wildman–Crippen LogP) is 3.80. The molecule has 0 aliphatic rings. The summed E-state index contributed by atoms with van der Waals surface area (Å²) in [5.74, 6) is 1.000. The molecule has 0 spiro atoms. The van der Waals surface area contributed by atoms with Gasteiger partial charge in [-0.1, -0.05) is 21.1 Å². The molecular weight excluding hydrogens is 279 g/mol. The largest absolute Gasteiger partial charge is 0.334 e. The molecule has 1 aromatic heterocycles. The van der Waals surface area contributed by atoms with Crippen LogP contribution < -0.4 is 0 Å². The highest BCUT2D eigenvalue weighted by atomic mass is 79.9. The molecule has 78 valence electrons. The fourth-order valence-corrected chi connectivity index (χ4v) is 1.46. The molecule has 2 rings (SSSR count). The normalized spacial score (nSPS) is 12.7. The number of hydrogen-bond donors (Lipinski definition) is 0. The maximum Gasteiger partial charge on any atom is 0.257 e. The molecule has 0 fully saturated rings. The molecule has 3 nitrogen and oxygen atoms in total. The molecule has 1 heterocycles. The van der Waals surface area contributed by atoms with E-state index >= 15 is 0 Å². The maximum atomic E-state index is 5.84. The Hall–Kier alpha value is -0.870. The van der Waals surface area contributed by atoms with Gasteiger partial charge in [0.1, 0.15) is 0 Å². The average Bonchev–Trinajstić information content (AvgIpc) is 2.68. The van der Waals surface area contributed by atoms with E-state index in [-0.39, 0.29) is 5.38 Å². The van der Waals surface area contributed by atoms with Gasteiger partial charge in [0.25, 0.3) is 5.89 Å². The molecule has 0 N–H and O–H groups in total. The minimum atomic E-state index is -0.238. The topological polar surface area (TPSA) is 38.9 Å². The first-order valence-electron chi connectivity index (χ1n) is 4.40. The molecule has 0 amide bonds. The summed E-state index contributed by atoms with van der Waals surface area (Å²) in [5.41, 5.74) is 0.884. The lowest BCUT2D eigenvalue weighted by molar-refractivity contribution is 0.422. The van der Waals surface area contributed by atoms with Gasteiger partial charge in [0.15, 0.2) is 5.82 Å². The second kappa shape index (κ2) is 4.33. The Morgan fingerprint density at radius 2 is 2.00 bits per heavy atom. The summed E-state index contributed by atoms with van der Waals surface area (Å²) in [6, 6.07) is 7.65. The lowest BCUT2D eigenvalue weighted by atomic mass is 10.2. The van der Waals surface area contributed by atoms with E-state index in [4.69, 9.17) is 16.1 Å². The highest BCUT2D eigenvalue weighted by molar-refractivity contribution is 9.10. The van der Waals surface area contributed by atoms with Gasteiger partial charge in [-0.25, -0.2) is 0 Å². The molecule has 1 aromatic carbocycles. The molecule has 0 saturated heterocycles. The van der Waals surface area contributed by atoms with E-state index < -0.39 is 0 Å². The van der Waals surface area contributed by atoms with Crippen LogP contribution in [0.25, 0.3) is 11.5 Å². The number of rotatable bonds is 2. The van der Waals surface area contributed by atoms with Gasteiger partial charge in [0.05, 0.1) is 5.38 Å². The number of hydrogen-bond acceptors (Lipinski definition) is 3. The smallest absolute Gasteiger partial charge is 0.257 e. The second-order valence-corrected chi connectivity index (χ2v) is 4.65. The van der Waals surface area contributed by atoms with Gasteiger partial charge in [-0.05, 0) is 31.2 Å². The van der Waals surface area contributed by atoms with Crippen molar-refractivity contribution < 1.29 is 4.52 Å². The Morgan fingerprint density at radius 3 is 2.53 bits per heavy atom. The third-order valence-electron chi connectivity index (χ3n) is 1.89. The molecule has 0 saturated carbocycles. The van der Waals surface area contributed by atoms with Crippen molar-refractivity contribution in [3.63, 3.8) is 0 Å². The third kappa shape index (κ3) is 2.38. The van der Waals surface area contributed by atoms with E-state index in [2.05, 4.69) is 26.1 Å². The highest BCUT2D eigenvalue weighted by Gasteiger charge is 2.12. The number of alkyl halides is 1. The standard InChI is InChI=1S/C10H8BrClN2O/c1-6(12)9-13-10(15-14-9)7-2-4-8(11)5-3-7/h2-6H,1H3. The van der Waals surface area contributed by atoms with E-state index in [9.17, 15) is 0 Å². The van der Waals surface area contributed by atoms with Crippen LogP contribution in [0.5, 0.6) is 0 Å². The van der Waals surface area contributed by atoms with Gasteiger partial charge in [0, 0.05) is 10.0 Å². The quantitative estimate of drug-likeness (QED) is 0.789. The van der Waals surface area contributed by atoms with Crippen molar-refractivity contribution in [2.24, 2.45) is 0 Å². The monoisotopic (exact) mass is 286 g/mol. The molecule has 1 unspecified atom stereocenters. The molecule has 0 aliphatic heterocycles. The lowest BCUT2D eigenvalue weighted by Crippen LogP contribution is -1.86. The van der Waals surface area contributed by atoms with Crippen molar-refractivity contribution in [1.29, 1.82) is 0 Å². The fourth-order valence-electron chi connectivity index (χ4n) is 1.11. The number of benzene rings is 1. The van der Waals surface area contributed by atoms with Crippen molar-refractivity contribution >= 4 is 27.5 Å². The Morgan fingerprint density at radius 1 is 1.33 bits per heavy atom. The lowest BCUT2D eigenvalue weighted by Gasteiger charge is -1.93. The molecular formula is C10H8BrClN2O. The first-order chi connectivity index (χ1) is 7.16. The van der Waals surface area contributed by atoms with E-state index in [1.165, 1.54) is 0 Å². The zero-order chi connectivity index (χ0) is 10.8. The van der Waals surface area contributed by atoms with Crippen molar-refractivity contribution in [1.82, 2.24) is 10.1 Å². The second-order valence-electron chi connectivity index (χ2n) is 3.08. The maximum absolute atomic E-state index is 5.84. The minimum Gasteiger partial charge on any atom is -0.334 e. The number of halogens is 2. The Kier molecular flexibility index (Phi) is 3.07. The SMILES string of the molecule is CC(Cl)c1noc(-c2ccc(Br)cc2)n1. The van der Waals surface area contributed by atoms with Crippen LogP contribution in [0.15, 0.2) is 33.3 Å². The van der Waals surface area contributed by atoms with Gasteiger partial charge >= 0.3 is 0 Å². The Labute approximate surface area is 101 Å². The summed E-state index contributed by atoms with van der Waals surface area (Å²) in [6.45, 7) is 1.80. The van der Waals surface area contributed by atoms with Crippen LogP contribution >= 0.6 is 27.5 Å². The van der Waals surface area contributed by atoms with Gasteiger partial charge in [-0.15, -0.1) is 11.6 Å². The summed E-state index contributed by atoms with van der Waals surface area (Å²) in [7, 11) is 0. The summed E-state index contributed by atoms with van der Waals surface area (Å²) in [5, 5.41) is 3.55. The minimum absolute atomic E-state index is 0.238. The highest BCUT2D eigenvalue weighted by Crippen LogP contribution is 2.23. The summed E-state index contributed by atoms with van der Waals surface area (Å²) >= 11 is 9.20.